The second-order valence-electron chi connectivity index (χ2n) is 6.53. The number of carbonyl (C=O) groups is 2. The molecule has 8 heteroatoms. The van der Waals surface area contributed by atoms with Gasteiger partial charge in [-0.2, -0.15) is 0 Å². The van der Waals surface area contributed by atoms with Gasteiger partial charge in [-0.05, 0) is 31.0 Å². The molecule has 0 bridgehead atoms. The summed E-state index contributed by atoms with van der Waals surface area (Å²) in [6.07, 6.45) is 1.83. The van der Waals surface area contributed by atoms with Crippen LogP contribution in [0.4, 0.5) is 0 Å². The van der Waals surface area contributed by atoms with Crippen molar-refractivity contribution in [2.45, 2.75) is 25.8 Å². The first-order chi connectivity index (χ1) is 12.5. The zero-order valence-electron chi connectivity index (χ0n) is 14.2. The van der Waals surface area contributed by atoms with Crippen LogP contribution < -0.4 is 9.47 Å². The van der Waals surface area contributed by atoms with Crippen molar-refractivity contribution in [3.05, 3.63) is 29.3 Å². The van der Waals surface area contributed by atoms with Gasteiger partial charge in [-0.25, -0.2) is 4.98 Å². The number of rotatable bonds is 6. The Labute approximate surface area is 154 Å². The molecule has 0 spiro atoms. The fourth-order valence-corrected chi connectivity index (χ4v) is 3.63. The van der Waals surface area contributed by atoms with E-state index in [0.717, 1.165) is 18.4 Å². The zero-order chi connectivity index (χ0) is 18.3. The van der Waals surface area contributed by atoms with E-state index < -0.39 is 11.9 Å². The fraction of sp³-hybridized carbons (Fsp3) is 0.389. The predicted molar refractivity (Wildman–Crippen MR) is 94.5 cm³/mol. The van der Waals surface area contributed by atoms with Crippen molar-refractivity contribution in [2.75, 3.05) is 13.3 Å². The van der Waals surface area contributed by atoms with Crippen LogP contribution in [-0.4, -0.2) is 46.2 Å². The summed E-state index contributed by atoms with van der Waals surface area (Å²) in [4.78, 5) is 30.1. The highest BCUT2D eigenvalue weighted by molar-refractivity contribution is 7.13. The van der Waals surface area contributed by atoms with E-state index >= 15 is 0 Å². The topological polar surface area (TPSA) is 89.0 Å². The molecule has 7 nitrogen and oxygen atoms in total. The zero-order valence-corrected chi connectivity index (χ0v) is 15.0. The summed E-state index contributed by atoms with van der Waals surface area (Å²) in [5.41, 5.74) is 1.21. The summed E-state index contributed by atoms with van der Waals surface area (Å²) in [5.74, 6) is -0.345. The summed E-state index contributed by atoms with van der Waals surface area (Å²) in [5, 5.41) is 11.6. The maximum absolute atomic E-state index is 12.8. The van der Waals surface area contributed by atoms with Crippen LogP contribution >= 0.6 is 11.3 Å². The molecule has 1 aromatic carbocycles. The summed E-state index contributed by atoms with van der Waals surface area (Å²) in [6, 6.07) is 5.68. The summed E-state index contributed by atoms with van der Waals surface area (Å²) in [7, 11) is 0. The van der Waals surface area contributed by atoms with E-state index in [1.165, 1.54) is 11.3 Å². The SMILES string of the molecule is CC(CN(C(=O)c1csc(-c2ccc3c(c2)OCO3)n1)C1CC1)C(=O)O. The number of carboxylic acids is 1. The Morgan fingerprint density at radius 1 is 1.35 bits per heavy atom. The van der Waals surface area contributed by atoms with Crippen molar-refractivity contribution in [2.24, 2.45) is 5.92 Å². The Morgan fingerprint density at radius 2 is 2.12 bits per heavy atom. The second-order valence-corrected chi connectivity index (χ2v) is 7.39. The molecular weight excluding hydrogens is 356 g/mol. The molecule has 1 atom stereocenters. The van der Waals surface area contributed by atoms with E-state index in [0.29, 0.717) is 22.2 Å². The summed E-state index contributed by atoms with van der Waals surface area (Å²) >= 11 is 1.38. The number of fused-ring (bicyclic) bond motifs is 1. The Morgan fingerprint density at radius 3 is 2.85 bits per heavy atom. The highest BCUT2D eigenvalue weighted by Gasteiger charge is 2.35. The van der Waals surface area contributed by atoms with E-state index in [4.69, 9.17) is 14.6 Å². The highest BCUT2D eigenvalue weighted by atomic mass is 32.1. The smallest absolute Gasteiger partial charge is 0.308 e. The molecule has 136 valence electrons. The van der Waals surface area contributed by atoms with Crippen LogP contribution in [0.5, 0.6) is 11.5 Å². The number of amides is 1. The molecule has 1 aliphatic carbocycles. The van der Waals surface area contributed by atoms with Gasteiger partial charge in [0.25, 0.3) is 5.91 Å². The van der Waals surface area contributed by atoms with Gasteiger partial charge in [-0.1, -0.05) is 6.92 Å². The maximum atomic E-state index is 12.8. The van der Waals surface area contributed by atoms with E-state index in [1.54, 1.807) is 17.2 Å². The Balaban J connectivity index is 1.54. The normalized spacial score (nSPS) is 16.3. The molecule has 2 aromatic rings. The largest absolute Gasteiger partial charge is 0.481 e. The molecule has 2 aliphatic rings. The lowest BCUT2D eigenvalue weighted by Gasteiger charge is -2.23. The van der Waals surface area contributed by atoms with Gasteiger partial charge in [0.1, 0.15) is 10.7 Å². The van der Waals surface area contributed by atoms with Crippen LogP contribution in [0.3, 0.4) is 0 Å². The van der Waals surface area contributed by atoms with Gasteiger partial charge in [0, 0.05) is 23.5 Å². The van der Waals surface area contributed by atoms with Gasteiger partial charge in [-0.15, -0.1) is 11.3 Å². The van der Waals surface area contributed by atoms with Crippen LogP contribution in [0.15, 0.2) is 23.6 Å². The molecule has 26 heavy (non-hydrogen) atoms. The molecule has 1 amide bonds. The van der Waals surface area contributed by atoms with Gasteiger partial charge < -0.3 is 19.5 Å². The Bertz CT molecular complexity index is 861. The van der Waals surface area contributed by atoms with Crippen LogP contribution in [-0.2, 0) is 4.79 Å². The van der Waals surface area contributed by atoms with Crippen molar-refractivity contribution in [1.82, 2.24) is 9.88 Å². The minimum absolute atomic E-state index is 0.125. The van der Waals surface area contributed by atoms with Crippen molar-refractivity contribution in [1.29, 1.82) is 0 Å². The third-order valence-corrected chi connectivity index (χ3v) is 5.37. The van der Waals surface area contributed by atoms with Gasteiger partial charge in [-0.3, -0.25) is 9.59 Å². The first kappa shape index (κ1) is 16.8. The third-order valence-electron chi connectivity index (χ3n) is 4.48. The minimum Gasteiger partial charge on any atom is -0.481 e. The van der Waals surface area contributed by atoms with Crippen molar-refractivity contribution in [3.63, 3.8) is 0 Å². The Kier molecular flexibility index (Phi) is 4.28. The van der Waals surface area contributed by atoms with Crippen molar-refractivity contribution < 1.29 is 24.2 Å². The number of benzene rings is 1. The second kappa shape index (κ2) is 6.60. The fourth-order valence-electron chi connectivity index (χ4n) is 2.84. The molecule has 4 rings (SSSR count). The average Bonchev–Trinajstić information content (AvgIpc) is 3.16. The number of hydrogen-bond donors (Lipinski definition) is 1. The molecule has 1 aliphatic heterocycles. The van der Waals surface area contributed by atoms with Crippen LogP contribution in [0.25, 0.3) is 10.6 Å². The molecule has 0 saturated heterocycles. The van der Waals surface area contributed by atoms with Crippen LogP contribution in [0, 0.1) is 5.92 Å². The Hall–Kier alpha value is -2.61. The van der Waals surface area contributed by atoms with Gasteiger partial charge in [0.2, 0.25) is 6.79 Å². The lowest BCUT2D eigenvalue weighted by atomic mass is 10.1. The lowest BCUT2D eigenvalue weighted by molar-refractivity contribution is -0.141. The molecular formula is C18H18N2O5S. The molecule has 0 radical (unpaired) electrons. The average molecular weight is 374 g/mol. The quantitative estimate of drug-likeness (QED) is 0.836. The van der Waals surface area contributed by atoms with E-state index in [-0.39, 0.29) is 25.3 Å². The first-order valence-corrected chi connectivity index (χ1v) is 9.30. The van der Waals surface area contributed by atoms with E-state index in [1.807, 2.05) is 18.2 Å². The summed E-state index contributed by atoms with van der Waals surface area (Å²) in [6.45, 7) is 2.03. The standard InChI is InChI=1S/C18H18N2O5S/c1-10(18(22)23)7-20(12-3-4-12)17(21)13-8-26-16(19-13)11-2-5-14-15(6-11)25-9-24-14/h2,5-6,8,10,12H,3-4,7,9H2,1H3,(H,22,23). The molecule has 1 saturated carbocycles. The van der Waals surface area contributed by atoms with E-state index in [2.05, 4.69) is 4.98 Å². The van der Waals surface area contributed by atoms with Crippen LogP contribution in [0.2, 0.25) is 0 Å². The molecule has 1 aromatic heterocycles. The molecule has 2 heterocycles. The lowest BCUT2D eigenvalue weighted by Crippen LogP contribution is -2.38. The third kappa shape index (κ3) is 3.24. The number of aliphatic carboxylic acids is 1. The number of hydrogen-bond acceptors (Lipinski definition) is 6. The number of thiazole rings is 1. The maximum Gasteiger partial charge on any atom is 0.308 e. The monoisotopic (exact) mass is 374 g/mol. The highest BCUT2D eigenvalue weighted by Crippen LogP contribution is 2.37. The molecule has 1 fully saturated rings. The van der Waals surface area contributed by atoms with Gasteiger partial charge in [0.15, 0.2) is 11.5 Å². The molecule has 1 N–H and O–H groups in total. The van der Waals surface area contributed by atoms with Gasteiger partial charge in [0.05, 0.1) is 5.92 Å². The number of aromatic nitrogens is 1. The van der Waals surface area contributed by atoms with E-state index in [9.17, 15) is 9.59 Å². The molecule has 1 unspecified atom stereocenters. The number of nitrogens with zero attached hydrogens (tertiary/aromatic N) is 2. The minimum atomic E-state index is -0.900. The van der Waals surface area contributed by atoms with Crippen molar-refractivity contribution in [3.8, 4) is 22.1 Å². The number of ether oxygens (including phenoxy) is 2. The number of carboxylic acid groups (broad SMARTS) is 1. The summed E-state index contributed by atoms with van der Waals surface area (Å²) < 4.78 is 10.7. The van der Waals surface area contributed by atoms with Gasteiger partial charge >= 0.3 is 5.97 Å². The number of carbonyl (C=O) groups excluding carboxylic acids is 1. The first-order valence-electron chi connectivity index (χ1n) is 8.42. The predicted octanol–water partition coefficient (Wildman–Crippen LogP) is 2.86. The van der Waals surface area contributed by atoms with Crippen LogP contribution in [0.1, 0.15) is 30.3 Å². The van der Waals surface area contributed by atoms with Crippen molar-refractivity contribution >= 4 is 23.2 Å².